The number of alkyl halides is 1. The zero-order valence-electron chi connectivity index (χ0n) is 7.37. The molecule has 4 heteroatoms. The summed E-state index contributed by atoms with van der Waals surface area (Å²) in [4.78, 5) is 0.770. The van der Waals surface area contributed by atoms with E-state index in [-0.39, 0.29) is 0 Å². The van der Waals surface area contributed by atoms with E-state index in [1.54, 1.807) is 0 Å². The van der Waals surface area contributed by atoms with Crippen LogP contribution in [0.1, 0.15) is 12.5 Å². The van der Waals surface area contributed by atoms with E-state index >= 15 is 0 Å². The lowest BCUT2D eigenvalue weighted by Gasteiger charge is -2.04. The SMILES string of the molecule is CCN=[S-](=O)c1ccc(CBr)cc1. The smallest absolute Gasteiger partial charge is 0.0283 e. The number of rotatable bonds is 3. The average molecular weight is 261 g/mol. The lowest BCUT2D eigenvalue weighted by molar-refractivity contribution is 0.599. The molecule has 0 spiro atoms. The molecule has 0 N–H and O–H groups in total. The minimum absolute atomic E-state index is 0.590. The Hall–Kier alpha value is -0.350. The van der Waals surface area contributed by atoms with Gasteiger partial charge in [-0.05, 0) is 12.5 Å². The van der Waals surface area contributed by atoms with Crippen LogP contribution in [0.25, 0.3) is 0 Å². The summed E-state index contributed by atoms with van der Waals surface area (Å²) in [7, 11) is -1.18. The lowest BCUT2D eigenvalue weighted by Crippen LogP contribution is -1.82. The molecule has 0 saturated heterocycles. The quantitative estimate of drug-likeness (QED) is 0.607. The topological polar surface area (TPSA) is 29.4 Å². The van der Waals surface area contributed by atoms with Crippen molar-refractivity contribution in [3.05, 3.63) is 29.8 Å². The molecule has 0 bridgehead atoms. The predicted molar refractivity (Wildman–Crippen MR) is 58.4 cm³/mol. The largest absolute Gasteiger partial charge is 0.440 e. The zero-order chi connectivity index (χ0) is 9.68. The number of benzene rings is 1. The highest BCUT2D eigenvalue weighted by molar-refractivity contribution is 9.08. The maximum atomic E-state index is 11.4. The van der Waals surface area contributed by atoms with Gasteiger partial charge in [0.2, 0.25) is 0 Å². The molecule has 0 fully saturated rings. The summed E-state index contributed by atoms with van der Waals surface area (Å²) >= 11 is 3.35. The molecule has 0 radical (unpaired) electrons. The molecule has 0 aliphatic carbocycles. The van der Waals surface area contributed by atoms with Crippen LogP contribution in [0.3, 0.4) is 0 Å². The number of nitrogens with zero attached hydrogens (tertiary/aromatic N) is 1. The molecule has 0 heterocycles. The molecule has 0 aromatic heterocycles. The first-order chi connectivity index (χ1) is 6.27. The van der Waals surface area contributed by atoms with Crippen LogP contribution in [0.5, 0.6) is 0 Å². The fourth-order valence-electron chi connectivity index (χ4n) is 0.887. The highest BCUT2D eigenvalue weighted by Gasteiger charge is 1.87. The highest BCUT2D eigenvalue weighted by Crippen LogP contribution is 2.09. The monoisotopic (exact) mass is 260 g/mol. The average Bonchev–Trinajstić information content (AvgIpc) is 2.18. The molecule has 0 unspecified atom stereocenters. The van der Waals surface area contributed by atoms with E-state index in [9.17, 15) is 4.21 Å². The Bertz CT molecular complexity index is 341. The van der Waals surface area contributed by atoms with Gasteiger partial charge in [-0.3, -0.25) is 0 Å². The van der Waals surface area contributed by atoms with Crippen LogP contribution in [0, 0.1) is 0 Å². The van der Waals surface area contributed by atoms with Crippen molar-refractivity contribution in [2.24, 2.45) is 4.36 Å². The van der Waals surface area contributed by atoms with Crippen LogP contribution < -0.4 is 0 Å². The summed E-state index contributed by atoms with van der Waals surface area (Å²) in [5, 5.41) is 0.824. The van der Waals surface area contributed by atoms with Crippen molar-refractivity contribution in [2.75, 3.05) is 6.54 Å². The molecule has 0 aliphatic heterocycles. The Kier molecular flexibility index (Phi) is 4.45. The molecule has 72 valence electrons. The summed E-state index contributed by atoms with van der Waals surface area (Å²) in [6, 6.07) is 7.61. The van der Waals surface area contributed by atoms with Crippen molar-refractivity contribution in [3.63, 3.8) is 0 Å². The maximum absolute atomic E-state index is 11.4. The summed E-state index contributed by atoms with van der Waals surface area (Å²) in [5.41, 5.74) is 1.18. The Morgan fingerprint density at radius 3 is 2.46 bits per heavy atom. The summed E-state index contributed by atoms with van der Waals surface area (Å²) in [6.45, 7) is 2.47. The summed E-state index contributed by atoms with van der Waals surface area (Å²) < 4.78 is 15.3. The molecular formula is C9H11BrNOS-. The molecule has 0 aliphatic rings. The van der Waals surface area contributed by atoms with Gasteiger partial charge < -0.3 is 8.57 Å². The van der Waals surface area contributed by atoms with Crippen molar-refractivity contribution < 1.29 is 4.21 Å². The van der Waals surface area contributed by atoms with Gasteiger partial charge >= 0.3 is 0 Å². The number of halogens is 1. The fourth-order valence-corrected chi connectivity index (χ4v) is 2.01. The first-order valence-corrected chi connectivity index (χ1v) is 6.25. The third kappa shape index (κ3) is 3.12. The second-order valence-electron chi connectivity index (χ2n) is 2.47. The number of hydrogen-bond acceptors (Lipinski definition) is 3. The van der Waals surface area contributed by atoms with E-state index in [1.807, 2.05) is 31.2 Å². The van der Waals surface area contributed by atoms with E-state index < -0.39 is 10.6 Å². The first kappa shape index (κ1) is 10.7. The van der Waals surface area contributed by atoms with Crippen molar-refractivity contribution in [1.29, 1.82) is 0 Å². The minimum Gasteiger partial charge on any atom is -0.440 e. The summed E-state index contributed by atoms with van der Waals surface area (Å²) in [5.74, 6) is 0. The van der Waals surface area contributed by atoms with Crippen LogP contribution in [0.15, 0.2) is 33.5 Å². The fraction of sp³-hybridized carbons (Fsp3) is 0.333. The molecule has 2 nitrogen and oxygen atoms in total. The van der Waals surface area contributed by atoms with E-state index in [2.05, 4.69) is 20.3 Å². The predicted octanol–water partition coefficient (Wildman–Crippen LogP) is 3.11. The second kappa shape index (κ2) is 5.40. The van der Waals surface area contributed by atoms with E-state index in [4.69, 9.17) is 0 Å². The molecule has 0 saturated carbocycles. The van der Waals surface area contributed by atoms with E-state index in [0.29, 0.717) is 6.54 Å². The maximum Gasteiger partial charge on any atom is 0.0283 e. The third-order valence-electron chi connectivity index (χ3n) is 1.53. The zero-order valence-corrected chi connectivity index (χ0v) is 9.77. The number of hydrogen-bond donors (Lipinski definition) is 0. The van der Waals surface area contributed by atoms with E-state index in [1.165, 1.54) is 5.56 Å². The van der Waals surface area contributed by atoms with Crippen molar-refractivity contribution in [3.8, 4) is 0 Å². The standard InChI is InChI=1S/C9H11BrNOS/c1-2-11-13(12)9-5-3-8(7-10)4-6-9/h3-6H,2,7H2,1H3/q-1. The van der Waals surface area contributed by atoms with Crippen LogP contribution in [-0.4, -0.2) is 6.54 Å². The molecule has 1 aromatic carbocycles. The third-order valence-corrected chi connectivity index (χ3v) is 3.34. The molecule has 0 atom stereocenters. The van der Waals surface area contributed by atoms with Gasteiger partial charge in [-0.2, -0.15) is 10.6 Å². The Labute approximate surface area is 88.7 Å². The second-order valence-corrected chi connectivity index (χ2v) is 4.26. The lowest BCUT2D eigenvalue weighted by atomic mass is 10.2. The normalized spacial score (nSPS) is 13.1. The molecule has 13 heavy (non-hydrogen) atoms. The van der Waals surface area contributed by atoms with Crippen LogP contribution in [-0.2, 0) is 20.1 Å². The van der Waals surface area contributed by atoms with Crippen molar-refractivity contribution in [1.82, 2.24) is 0 Å². The van der Waals surface area contributed by atoms with Gasteiger partial charge in [-0.25, -0.2) is 0 Å². The van der Waals surface area contributed by atoms with Gasteiger partial charge in [-0.1, -0.05) is 45.1 Å². The van der Waals surface area contributed by atoms with Gasteiger partial charge in [0.25, 0.3) is 0 Å². The Balaban J connectivity index is 2.92. The summed E-state index contributed by atoms with van der Waals surface area (Å²) in [6.07, 6.45) is 0. The highest BCUT2D eigenvalue weighted by atomic mass is 79.9. The Morgan fingerprint density at radius 2 is 2.00 bits per heavy atom. The minimum atomic E-state index is -1.18. The molecular weight excluding hydrogens is 250 g/mol. The molecule has 1 aromatic rings. The van der Waals surface area contributed by atoms with Gasteiger partial charge in [-0.15, -0.1) is 0 Å². The van der Waals surface area contributed by atoms with Gasteiger partial charge in [0.1, 0.15) is 0 Å². The van der Waals surface area contributed by atoms with Gasteiger partial charge in [0.15, 0.2) is 0 Å². The van der Waals surface area contributed by atoms with Crippen molar-refractivity contribution >= 4 is 26.5 Å². The van der Waals surface area contributed by atoms with Crippen LogP contribution in [0.2, 0.25) is 0 Å². The Morgan fingerprint density at radius 1 is 1.38 bits per heavy atom. The van der Waals surface area contributed by atoms with Gasteiger partial charge in [0.05, 0.1) is 0 Å². The van der Waals surface area contributed by atoms with Gasteiger partial charge in [0, 0.05) is 11.9 Å². The van der Waals surface area contributed by atoms with Crippen LogP contribution >= 0.6 is 15.9 Å². The molecule has 1 rings (SSSR count). The van der Waals surface area contributed by atoms with E-state index in [0.717, 1.165) is 10.2 Å². The first-order valence-electron chi connectivity index (χ1n) is 4.02. The van der Waals surface area contributed by atoms with Crippen LogP contribution in [0.4, 0.5) is 0 Å². The molecule has 0 amide bonds. The van der Waals surface area contributed by atoms with Crippen molar-refractivity contribution in [2.45, 2.75) is 17.1 Å².